The second kappa shape index (κ2) is 8.94. The summed E-state index contributed by atoms with van der Waals surface area (Å²) in [6, 6.07) is 15.5. The lowest BCUT2D eigenvalue weighted by Gasteiger charge is -2.10. The lowest BCUT2D eigenvalue weighted by molar-refractivity contribution is 0.0948. The first kappa shape index (κ1) is 19.3. The standard InChI is InChI=1S/C21H21FN4O2/c1-14-24-19(21(27)23-11-10-15-6-3-4-9-18(15)22)13-20(25-14)26-16-7-5-8-17(12-16)28-2/h3-9,12-13H,10-11H2,1-2H3,(H,23,27)(H,24,25,26). The number of carbonyl (C=O) groups is 1. The van der Waals surface area contributed by atoms with Crippen molar-refractivity contribution >= 4 is 17.4 Å². The Morgan fingerprint density at radius 1 is 1.11 bits per heavy atom. The average Bonchev–Trinajstić information content (AvgIpc) is 2.69. The molecular formula is C21H21FN4O2. The van der Waals surface area contributed by atoms with Crippen LogP contribution in [-0.4, -0.2) is 29.5 Å². The van der Waals surface area contributed by atoms with Crippen molar-refractivity contribution < 1.29 is 13.9 Å². The molecule has 0 saturated heterocycles. The van der Waals surface area contributed by atoms with Crippen molar-refractivity contribution in [3.05, 3.63) is 77.5 Å². The molecule has 1 heterocycles. The number of methoxy groups -OCH3 is 1. The Morgan fingerprint density at radius 2 is 1.93 bits per heavy atom. The quantitative estimate of drug-likeness (QED) is 0.654. The van der Waals surface area contributed by atoms with Crippen LogP contribution in [-0.2, 0) is 6.42 Å². The molecule has 2 aromatic carbocycles. The van der Waals surface area contributed by atoms with E-state index in [1.54, 1.807) is 38.3 Å². The van der Waals surface area contributed by atoms with Crippen LogP contribution in [0.15, 0.2) is 54.6 Å². The fourth-order valence-electron chi connectivity index (χ4n) is 2.70. The van der Waals surface area contributed by atoms with E-state index in [1.165, 1.54) is 6.07 Å². The third kappa shape index (κ3) is 5.03. The van der Waals surface area contributed by atoms with Crippen LogP contribution in [0.3, 0.4) is 0 Å². The molecule has 0 fully saturated rings. The molecule has 0 radical (unpaired) electrons. The first-order valence-corrected chi connectivity index (χ1v) is 8.83. The highest BCUT2D eigenvalue weighted by Gasteiger charge is 2.11. The molecule has 0 aliphatic heterocycles. The van der Waals surface area contributed by atoms with E-state index in [-0.39, 0.29) is 17.4 Å². The summed E-state index contributed by atoms with van der Waals surface area (Å²) in [5.41, 5.74) is 1.58. The summed E-state index contributed by atoms with van der Waals surface area (Å²) in [7, 11) is 1.59. The van der Waals surface area contributed by atoms with Crippen molar-refractivity contribution in [3.8, 4) is 5.75 Å². The van der Waals surface area contributed by atoms with Crippen LogP contribution >= 0.6 is 0 Å². The summed E-state index contributed by atoms with van der Waals surface area (Å²) in [6.07, 6.45) is 0.400. The number of aromatic nitrogens is 2. The molecule has 1 aromatic heterocycles. The molecule has 0 aliphatic rings. The average molecular weight is 380 g/mol. The maximum atomic E-state index is 13.7. The summed E-state index contributed by atoms with van der Waals surface area (Å²) in [6.45, 7) is 2.02. The molecule has 1 amide bonds. The number of benzene rings is 2. The van der Waals surface area contributed by atoms with E-state index < -0.39 is 0 Å². The third-order valence-corrected chi connectivity index (χ3v) is 4.05. The molecule has 28 heavy (non-hydrogen) atoms. The Labute approximate surface area is 162 Å². The Hall–Kier alpha value is -3.48. The lowest BCUT2D eigenvalue weighted by atomic mass is 10.1. The molecular weight excluding hydrogens is 359 g/mol. The number of rotatable bonds is 7. The molecule has 3 rings (SSSR count). The van der Waals surface area contributed by atoms with Crippen LogP contribution in [0.5, 0.6) is 5.75 Å². The highest BCUT2D eigenvalue weighted by Crippen LogP contribution is 2.20. The van der Waals surface area contributed by atoms with Gasteiger partial charge in [0, 0.05) is 24.4 Å². The van der Waals surface area contributed by atoms with E-state index >= 15 is 0 Å². The van der Waals surface area contributed by atoms with Gasteiger partial charge >= 0.3 is 0 Å². The number of amides is 1. The molecule has 0 aliphatic carbocycles. The van der Waals surface area contributed by atoms with Crippen molar-refractivity contribution in [1.29, 1.82) is 0 Å². The SMILES string of the molecule is COc1cccc(Nc2cc(C(=O)NCCc3ccccc3F)nc(C)n2)c1. The molecule has 144 valence electrons. The van der Waals surface area contributed by atoms with Crippen LogP contribution < -0.4 is 15.4 Å². The number of hydrogen-bond acceptors (Lipinski definition) is 5. The van der Waals surface area contributed by atoms with Crippen LogP contribution in [0.4, 0.5) is 15.9 Å². The van der Waals surface area contributed by atoms with Crippen LogP contribution in [0, 0.1) is 12.7 Å². The predicted molar refractivity (Wildman–Crippen MR) is 105 cm³/mol. The number of aryl methyl sites for hydroxylation is 1. The van der Waals surface area contributed by atoms with Gasteiger partial charge in [-0.1, -0.05) is 24.3 Å². The molecule has 3 aromatic rings. The zero-order valence-corrected chi connectivity index (χ0v) is 15.7. The highest BCUT2D eigenvalue weighted by atomic mass is 19.1. The number of carbonyl (C=O) groups excluding carboxylic acids is 1. The van der Waals surface area contributed by atoms with Gasteiger partial charge in [0.1, 0.15) is 28.9 Å². The van der Waals surface area contributed by atoms with Crippen LogP contribution in [0.25, 0.3) is 0 Å². The van der Waals surface area contributed by atoms with E-state index in [2.05, 4.69) is 20.6 Å². The number of nitrogens with zero attached hydrogens (tertiary/aromatic N) is 2. The van der Waals surface area contributed by atoms with Gasteiger partial charge in [-0.3, -0.25) is 4.79 Å². The van der Waals surface area contributed by atoms with Gasteiger partial charge in [0.25, 0.3) is 5.91 Å². The summed E-state index contributed by atoms with van der Waals surface area (Å²) < 4.78 is 18.9. The number of anilines is 2. The van der Waals surface area contributed by atoms with Crippen molar-refractivity contribution in [2.75, 3.05) is 19.0 Å². The minimum atomic E-state index is -0.337. The number of hydrogen-bond donors (Lipinski definition) is 2. The second-order valence-corrected chi connectivity index (χ2v) is 6.14. The normalized spacial score (nSPS) is 10.4. The van der Waals surface area contributed by atoms with E-state index in [0.29, 0.717) is 35.9 Å². The molecule has 0 atom stereocenters. The predicted octanol–water partition coefficient (Wildman–Crippen LogP) is 3.65. The summed E-state index contributed by atoms with van der Waals surface area (Å²) >= 11 is 0. The first-order valence-electron chi connectivity index (χ1n) is 8.83. The largest absolute Gasteiger partial charge is 0.497 e. The lowest BCUT2D eigenvalue weighted by Crippen LogP contribution is -2.27. The minimum absolute atomic E-state index is 0.242. The molecule has 0 spiro atoms. The maximum Gasteiger partial charge on any atom is 0.270 e. The topological polar surface area (TPSA) is 76.1 Å². The Kier molecular flexibility index (Phi) is 6.16. The fourth-order valence-corrected chi connectivity index (χ4v) is 2.70. The maximum absolute atomic E-state index is 13.7. The van der Waals surface area contributed by atoms with Crippen LogP contribution in [0.2, 0.25) is 0 Å². The van der Waals surface area contributed by atoms with Gasteiger partial charge < -0.3 is 15.4 Å². The van der Waals surface area contributed by atoms with Gasteiger partial charge in [-0.15, -0.1) is 0 Å². The Morgan fingerprint density at radius 3 is 2.71 bits per heavy atom. The van der Waals surface area contributed by atoms with E-state index in [4.69, 9.17) is 4.74 Å². The molecule has 7 heteroatoms. The smallest absolute Gasteiger partial charge is 0.270 e. The minimum Gasteiger partial charge on any atom is -0.497 e. The Bertz CT molecular complexity index is 978. The monoisotopic (exact) mass is 380 g/mol. The summed E-state index contributed by atoms with van der Waals surface area (Å²) in [5, 5.41) is 5.91. The molecule has 2 N–H and O–H groups in total. The van der Waals surface area contributed by atoms with Crippen molar-refractivity contribution in [2.24, 2.45) is 0 Å². The van der Waals surface area contributed by atoms with Gasteiger partial charge in [0.05, 0.1) is 7.11 Å². The van der Waals surface area contributed by atoms with E-state index in [9.17, 15) is 9.18 Å². The Balaban J connectivity index is 1.66. The van der Waals surface area contributed by atoms with Gasteiger partial charge in [-0.25, -0.2) is 14.4 Å². The molecule has 0 saturated carbocycles. The zero-order valence-electron chi connectivity index (χ0n) is 15.7. The third-order valence-electron chi connectivity index (χ3n) is 4.05. The fraction of sp³-hybridized carbons (Fsp3) is 0.190. The van der Waals surface area contributed by atoms with Gasteiger partial charge in [0.15, 0.2) is 0 Å². The van der Waals surface area contributed by atoms with E-state index in [1.807, 2.05) is 24.3 Å². The summed E-state index contributed by atoms with van der Waals surface area (Å²) in [4.78, 5) is 20.9. The molecule has 0 unspecified atom stereocenters. The van der Waals surface area contributed by atoms with Gasteiger partial charge in [-0.05, 0) is 37.1 Å². The summed E-state index contributed by atoms with van der Waals surface area (Å²) in [5.74, 6) is 1.06. The zero-order chi connectivity index (χ0) is 19.9. The second-order valence-electron chi connectivity index (χ2n) is 6.14. The number of nitrogens with one attached hydrogen (secondary N) is 2. The highest BCUT2D eigenvalue weighted by molar-refractivity contribution is 5.93. The molecule has 6 nitrogen and oxygen atoms in total. The van der Waals surface area contributed by atoms with E-state index in [0.717, 1.165) is 5.69 Å². The van der Waals surface area contributed by atoms with Crippen molar-refractivity contribution in [3.63, 3.8) is 0 Å². The first-order chi connectivity index (χ1) is 13.5. The van der Waals surface area contributed by atoms with Crippen molar-refractivity contribution in [2.45, 2.75) is 13.3 Å². The number of halogens is 1. The van der Waals surface area contributed by atoms with Gasteiger partial charge in [0.2, 0.25) is 0 Å². The van der Waals surface area contributed by atoms with Crippen molar-refractivity contribution in [1.82, 2.24) is 15.3 Å². The molecule has 0 bridgehead atoms. The number of ether oxygens (including phenoxy) is 1. The van der Waals surface area contributed by atoms with Gasteiger partial charge in [-0.2, -0.15) is 0 Å². The van der Waals surface area contributed by atoms with Crippen LogP contribution in [0.1, 0.15) is 21.9 Å².